The minimum atomic E-state index is 0.359. The first-order valence-electron chi connectivity index (χ1n) is 7.95. The highest BCUT2D eigenvalue weighted by molar-refractivity contribution is 6.29. The van der Waals surface area contributed by atoms with Gasteiger partial charge in [-0.15, -0.1) is 0 Å². The summed E-state index contributed by atoms with van der Waals surface area (Å²) in [6.45, 7) is 1.79. The number of benzene rings is 2. The number of hydrogen-bond acceptors (Lipinski definition) is 5. The number of rotatable bonds is 4. The third kappa shape index (κ3) is 3.07. The number of methoxy groups -OCH3 is 1. The lowest BCUT2D eigenvalue weighted by Crippen LogP contribution is -2.03. The zero-order chi connectivity index (χ0) is 18.1. The number of halogens is 1. The van der Waals surface area contributed by atoms with Crippen LogP contribution in [0, 0.1) is 6.92 Å². The van der Waals surface area contributed by atoms with Gasteiger partial charge in [-0.2, -0.15) is 4.98 Å². The molecule has 0 aliphatic carbocycles. The molecule has 130 valence electrons. The first kappa shape index (κ1) is 16.4. The van der Waals surface area contributed by atoms with Gasteiger partial charge in [-0.1, -0.05) is 29.8 Å². The topological polar surface area (TPSA) is 62.1 Å². The van der Waals surface area contributed by atoms with Gasteiger partial charge in [-0.25, -0.2) is 14.5 Å². The van der Waals surface area contributed by atoms with Gasteiger partial charge in [-0.05, 0) is 31.2 Å². The second-order valence-electron chi connectivity index (χ2n) is 5.60. The Morgan fingerprint density at radius 2 is 1.73 bits per heavy atom. The van der Waals surface area contributed by atoms with E-state index in [1.54, 1.807) is 26.2 Å². The monoisotopic (exact) mass is 366 g/mol. The van der Waals surface area contributed by atoms with Crippen LogP contribution in [0.4, 0.5) is 0 Å². The molecule has 0 saturated carbocycles. The Kier molecular flexibility index (Phi) is 4.18. The molecule has 26 heavy (non-hydrogen) atoms. The fourth-order valence-corrected chi connectivity index (χ4v) is 2.91. The van der Waals surface area contributed by atoms with Gasteiger partial charge in [0.05, 0.1) is 18.1 Å². The fraction of sp³-hybridized carbons (Fsp3) is 0.105. The highest BCUT2D eigenvalue weighted by Crippen LogP contribution is 2.30. The molecule has 4 aromatic rings. The van der Waals surface area contributed by atoms with E-state index in [1.807, 2.05) is 47.0 Å². The third-order valence-electron chi connectivity index (χ3n) is 3.80. The first-order valence-corrected chi connectivity index (χ1v) is 8.33. The minimum Gasteiger partial charge on any atom is -0.497 e. The van der Waals surface area contributed by atoms with Crippen molar-refractivity contribution in [3.05, 3.63) is 65.6 Å². The van der Waals surface area contributed by atoms with Gasteiger partial charge in [-0.3, -0.25) is 0 Å². The predicted molar refractivity (Wildman–Crippen MR) is 99.5 cm³/mol. The van der Waals surface area contributed by atoms with E-state index in [9.17, 15) is 0 Å². The Morgan fingerprint density at radius 3 is 2.54 bits per heavy atom. The molecular formula is C19H15ClN4O2. The van der Waals surface area contributed by atoms with Crippen molar-refractivity contribution < 1.29 is 9.47 Å². The molecule has 0 N–H and O–H groups in total. The molecule has 4 rings (SSSR count). The Hall–Kier alpha value is -3.12. The van der Waals surface area contributed by atoms with E-state index in [-0.39, 0.29) is 0 Å². The summed E-state index contributed by atoms with van der Waals surface area (Å²) in [5.74, 6) is 2.47. The van der Waals surface area contributed by atoms with Gasteiger partial charge in [0.1, 0.15) is 28.3 Å². The van der Waals surface area contributed by atoms with Crippen molar-refractivity contribution >= 4 is 22.6 Å². The fourth-order valence-electron chi connectivity index (χ4n) is 2.69. The summed E-state index contributed by atoms with van der Waals surface area (Å²) >= 11 is 6.13. The molecule has 7 heteroatoms. The van der Waals surface area contributed by atoms with E-state index in [0.717, 1.165) is 11.0 Å². The van der Waals surface area contributed by atoms with Crippen molar-refractivity contribution in [1.82, 2.24) is 19.5 Å². The molecular weight excluding hydrogens is 352 g/mol. The Balaban J connectivity index is 1.88. The molecule has 0 amide bonds. The van der Waals surface area contributed by atoms with Gasteiger partial charge in [0.25, 0.3) is 0 Å². The summed E-state index contributed by atoms with van der Waals surface area (Å²) in [6, 6.07) is 17.1. The number of fused-ring (bicyclic) bond motifs is 1. The van der Waals surface area contributed by atoms with Crippen LogP contribution in [0.2, 0.25) is 5.15 Å². The van der Waals surface area contributed by atoms with Crippen molar-refractivity contribution in [2.24, 2.45) is 0 Å². The Labute approximate surface area is 155 Å². The maximum Gasteiger partial charge on any atom is 0.308 e. The molecule has 0 unspecified atom stereocenters. The highest BCUT2D eigenvalue weighted by Gasteiger charge is 2.16. The van der Waals surface area contributed by atoms with E-state index in [2.05, 4.69) is 15.0 Å². The van der Waals surface area contributed by atoms with Crippen molar-refractivity contribution in [2.75, 3.05) is 7.11 Å². The standard InChI is InChI=1S/C19H15ClN4O2/c1-12-21-17(20)11-18(22-12)24-16-9-4-3-8-15(16)23-19(24)26-14-7-5-6-13(10-14)25-2/h3-11H,1-2H3. The molecule has 2 heterocycles. The lowest BCUT2D eigenvalue weighted by atomic mass is 10.3. The molecule has 0 spiro atoms. The quantitative estimate of drug-likeness (QED) is 0.495. The molecule has 0 saturated heterocycles. The molecule has 2 aromatic heterocycles. The van der Waals surface area contributed by atoms with Crippen LogP contribution in [0.3, 0.4) is 0 Å². The highest BCUT2D eigenvalue weighted by atomic mass is 35.5. The number of hydrogen-bond donors (Lipinski definition) is 0. The van der Waals surface area contributed by atoms with Crippen LogP contribution in [-0.2, 0) is 0 Å². The zero-order valence-corrected chi connectivity index (χ0v) is 14.9. The average molecular weight is 367 g/mol. The summed E-state index contributed by atoms with van der Waals surface area (Å²) in [5, 5.41) is 0.359. The second-order valence-corrected chi connectivity index (χ2v) is 5.98. The maximum absolute atomic E-state index is 6.13. The number of imidazole rings is 1. The van der Waals surface area contributed by atoms with Gasteiger partial charge < -0.3 is 9.47 Å². The number of para-hydroxylation sites is 2. The summed E-state index contributed by atoms with van der Waals surface area (Å²) < 4.78 is 13.1. The van der Waals surface area contributed by atoms with E-state index in [0.29, 0.717) is 34.3 Å². The zero-order valence-electron chi connectivity index (χ0n) is 14.2. The molecule has 0 atom stereocenters. The van der Waals surface area contributed by atoms with E-state index >= 15 is 0 Å². The van der Waals surface area contributed by atoms with Gasteiger partial charge >= 0.3 is 6.01 Å². The van der Waals surface area contributed by atoms with Crippen molar-refractivity contribution in [2.45, 2.75) is 6.92 Å². The van der Waals surface area contributed by atoms with Crippen molar-refractivity contribution in [1.29, 1.82) is 0 Å². The second kappa shape index (κ2) is 6.65. The van der Waals surface area contributed by atoms with E-state index in [1.165, 1.54) is 0 Å². The lowest BCUT2D eigenvalue weighted by Gasteiger charge is -2.10. The van der Waals surface area contributed by atoms with Crippen LogP contribution in [-0.4, -0.2) is 26.6 Å². The summed E-state index contributed by atoms with van der Waals surface area (Å²) in [7, 11) is 1.61. The third-order valence-corrected chi connectivity index (χ3v) is 4.00. The number of aromatic nitrogens is 4. The molecule has 0 bridgehead atoms. The van der Waals surface area contributed by atoms with Crippen LogP contribution < -0.4 is 9.47 Å². The molecule has 2 aromatic carbocycles. The minimum absolute atomic E-state index is 0.359. The molecule has 6 nitrogen and oxygen atoms in total. The first-order chi connectivity index (χ1) is 12.6. The smallest absolute Gasteiger partial charge is 0.308 e. The number of nitrogens with zero attached hydrogens (tertiary/aromatic N) is 4. The number of aryl methyl sites for hydroxylation is 1. The molecule has 0 fully saturated rings. The van der Waals surface area contributed by atoms with Crippen LogP contribution >= 0.6 is 11.6 Å². The van der Waals surface area contributed by atoms with E-state index < -0.39 is 0 Å². The predicted octanol–water partition coefficient (Wildman–Crippen LogP) is 4.58. The normalized spacial score (nSPS) is 10.9. The molecule has 0 aliphatic heterocycles. The van der Waals surface area contributed by atoms with Gasteiger partial charge in [0, 0.05) is 12.1 Å². The SMILES string of the molecule is COc1cccc(Oc2nc3ccccc3n2-c2cc(Cl)nc(C)n2)c1. The van der Waals surface area contributed by atoms with Crippen LogP contribution in [0.25, 0.3) is 16.9 Å². The lowest BCUT2D eigenvalue weighted by molar-refractivity contribution is 0.403. The van der Waals surface area contributed by atoms with Crippen LogP contribution in [0.1, 0.15) is 5.82 Å². The Bertz CT molecular complexity index is 1070. The van der Waals surface area contributed by atoms with Crippen molar-refractivity contribution in [3.8, 4) is 23.3 Å². The summed E-state index contributed by atoms with van der Waals surface area (Å²) in [4.78, 5) is 13.2. The van der Waals surface area contributed by atoms with Gasteiger partial charge in [0.15, 0.2) is 0 Å². The van der Waals surface area contributed by atoms with Crippen molar-refractivity contribution in [3.63, 3.8) is 0 Å². The summed E-state index contributed by atoms with van der Waals surface area (Å²) in [6.07, 6.45) is 0. The molecule has 0 aliphatic rings. The molecule has 0 radical (unpaired) electrons. The van der Waals surface area contributed by atoms with E-state index in [4.69, 9.17) is 21.1 Å². The Morgan fingerprint density at radius 1 is 0.923 bits per heavy atom. The average Bonchev–Trinajstić information content (AvgIpc) is 2.98. The van der Waals surface area contributed by atoms with Gasteiger partial charge in [0.2, 0.25) is 0 Å². The number of ether oxygens (including phenoxy) is 2. The summed E-state index contributed by atoms with van der Waals surface area (Å²) in [5.41, 5.74) is 1.65. The maximum atomic E-state index is 6.13. The largest absolute Gasteiger partial charge is 0.497 e. The van der Waals surface area contributed by atoms with Crippen LogP contribution in [0.15, 0.2) is 54.6 Å². The van der Waals surface area contributed by atoms with Crippen LogP contribution in [0.5, 0.6) is 17.5 Å².